The van der Waals surface area contributed by atoms with Gasteiger partial charge in [-0.3, -0.25) is 9.59 Å². The lowest BCUT2D eigenvalue weighted by Gasteiger charge is -2.33. The number of carbonyl (C=O) groups excluding carboxylic acids is 2. The summed E-state index contributed by atoms with van der Waals surface area (Å²) in [6.07, 6.45) is 7.92. The van der Waals surface area contributed by atoms with E-state index in [1.165, 1.54) is 11.1 Å². The van der Waals surface area contributed by atoms with Gasteiger partial charge in [0.15, 0.2) is 0 Å². The average Bonchev–Trinajstić information content (AvgIpc) is 2.73. The van der Waals surface area contributed by atoms with Gasteiger partial charge in [0.25, 0.3) is 0 Å². The Balaban J connectivity index is 2.01. The molecule has 0 spiro atoms. The molecular weight excluding hydrogens is 276 g/mol. The molecule has 122 valence electrons. The number of cyclic esters (lactones) is 2. The van der Waals surface area contributed by atoms with Crippen molar-refractivity contribution < 1.29 is 14.3 Å². The molecule has 22 heavy (non-hydrogen) atoms. The van der Waals surface area contributed by atoms with Gasteiger partial charge in [-0.05, 0) is 43.9 Å². The van der Waals surface area contributed by atoms with Gasteiger partial charge in [0.05, 0.1) is 11.8 Å². The van der Waals surface area contributed by atoms with Gasteiger partial charge in [-0.15, -0.1) is 0 Å². The average molecular weight is 304 g/mol. The van der Waals surface area contributed by atoms with E-state index in [9.17, 15) is 9.59 Å². The Bertz CT molecular complexity index is 523. The maximum Gasteiger partial charge on any atom is 0.317 e. The molecule has 3 heteroatoms. The van der Waals surface area contributed by atoms with Crippen LogP contribution in [0.5, 0.6) is 0 Å². The van der Waals surface area contributed by atoms with Crippen LogP contribution in [0.4, 0.5) is 0 Å². The molecule has 1 fully saturated rings. The number of ether oxygens (including phenoxy) is 1. The molecule has 0 N–H and O–H groups in total. The van der Waals surface area contributed by atoms with Crippen molar-refractivity contribution in [1.82, 2.24) is 0 Å². The SMILES string of the molecule is C/C(=C\CCC(C)(C)C1=CCC2C(=O)OC(=O)C2C1)C(C)C. The maximum absolute atomic E-state index is 11.8. The maximum atomic E-state index is 11.8. The largest absolute Gasteiger partial charge is 0.393 e. The Morgan fingerprint density at radius 1 is 1.32 bits per heavy atom. The van der Waals surface area contributed by atoms with Crippen LogP contribution in [0, 0.1) is 23.2 Å². The third-order valence-corrected chi connectivity index (χ3v) is 5.37. The van der Waals surface area contributed by atoms with Crippen molar-refractivity contribution in [2.24, 2.45) is 23.2 Å². The molecule has 0 bridgehead atoms. The Kier molecular flexibility index (Phi) is 4.93. The number of hydrogen-bond donors (Lipinski definition) is 0. The van der Waals surface area contributed by atoms with Crippen molar-refractivity contribution in [2.45, 2.75) is 60.3 Å². The molecule has 1 saturated heterocycles. The second-order valence-electron chi connectivity index (χ2n) is 7.65. The zero-order valence-electron chi connectivity index (χ0n) is 14.4. The van der Waals surface area contributed by atoms with Crippen LogP contribution in [-0.2, 0) is 14.3 Å². The third-order valence-electron chi connectivity index (χ3n) is 5.37. The molecule has 0 saturated carbocycles. The number of rotatable bonds is 5. The fraction of sp³-hybridized carbons (Fsp3) is 0.684. The van der Waals surface area contributed by atoms with Crippen LogP contribution in [0.25, 0.3) is 0 Å². The first-order valence-corrected chi connectivity index (χ1v) is 8.34. The lowest BCUT2D eigenvalue weighted by atomic mass is 9.70. The molecule has 0 aromatic carbocycles. The zero-order chi connectivity index (χ0) is 16.5. The monoisotopic (exact) mass is 304 g/mol. The quantitative estimate of drug-likeness (QED) is 0.429. The third kappa shape index (κ3) is 3.50. The number of allylic oxidation sites excluding steroid dienone is 4. The fourth-order valence-electron chi connectivity index (χ4n) is 3.26. The molecule has 2 rings (SSSR count). The molecule has 0 amide bonds. The standard InChI is InChI=1S/C19H28O3/c1-12(2)13(3)7-6-10-19(4,5)14-8-9-15-16(11-14)18(21)22-17(15)20/h7-8,12,15-16H,6,9-11H2,1-5H3/b13-7+. The number of carbonyl (C=O) groups is 2. The first-order chi connectivity index (χ1) is 10.2. The van der Waals surface area contributed by atoms with E-state index in [1.807, 2.05) is 0 Å². The summed E-state index contributed by atoms with van der Waals surface area (Å²) in [5.41, 5.74) is 2.79. The summed E-state index contributed by atoms with van der Waals surface area (Å²) < 4.78 is 4.79. The van der Waals surface area contributed by atoms with Gasteiger partial charge in [-0.1, -0.05) is 51.0 Å². The van der Waals surface area contributed by atoms with Gasteiger partial charge in [-0.2, -0.15) is 0 Å². The topological polar surface area (TPSA) is 43.4 Å². The summed E-state index contributed by atoms with van der Waals surface area (Å²) in [6.45, 7) is 11.1. The first kappa shape index (κ1) is 17.0. The fourth-order valence-corrected chi connectivity index (χ4v) is 3.26. The van der Waals surface area contributed by atoms with Crippen molar-refractivity contribution in [3.05, 3.63) is 23.3 Å². The lowest BCUT2D eigenvalue weighted by molar-refractivity contribution is -0.153. The summed E-state index contributed by atoms with van der Waals surface area (Å²) in [5.74, 6) is -0.558. The minimum absolute atomic E-state index is 0.0602. The predicted octanol–water partition coefficient (Wildman–Crippen LogP) is 4.43. The van der Waals surface area contributed by atoms with E-state index in [0.29, 0.717) is 18.8 Å². The summed E-state index contributed by atoms with van der Waals surface area (Å²) in [6, 6.07) is 0. The van der Waals surface area contributed by atoms with Crippen LogP contribution in [0.1, 0.15) is 60.3 Å². The van der Waals surface area contributed by atoms with Gasteiger partial charge >= 0.3 is 11.9 Å². The van der Waals surface area contributed by atoms with E-state index in [2.05, 4.69) is 46.8 Å². The normalized spacial score (nSPS) is 26.1. The van der Waals surface area contributed by atoms with Crippen LogP contribution in [0.2, 0.25) is 0 Å². The van der Waals surface area contributed by atoms with E-state index in [0.717, 1.165) is 12.8 Å². The molecule has 1 heterocycles. The highest BCUT2D eigenvalue weighted by Crippen LogP contribution is 2.44. The molecule has 3 nitrogen and oxygen atoms in total. The molecule has 0 aromatic rings. The van der Waals surface area contributed by atoms with E-state index in [-0.39, 0.29) is 29.2 Å². The molecule has 2 atom stereocenters. The second kappa shape index (κ2) is 6.39. The lowest BCUT2D eigenvalue weighted by Crippen LogP contribution is -2.27. The van der Waals surface area contributed by atoms with Crippen molar-refractivity contribution >= 4 is 11.9 Å². The molecule has 1 aliphatic heterocycles. The van der Waals surface area contributed by atoms with Crippen molar-refractivity contribution in [3.63, 3.8) is 0 Å². The number of fused-ring (bicyclic) bond motifs is 1. The van der Waals surface area contributed by atoms with Gasteiger partial charge in [0, 0.05) is 0 Å². The molecule has 2 aliphatic rings. The Labute approximate surface area is 133 Å². The van der Waals surface area contributed by atoms with E-state index >= 15 is 0 Å². The summed E-state index contributed by atoms with van der Waals surface area (Å²) in [4.78, 5) is 23.4. The predicted molar refractivity (Wildman–Crippen MR) is 87.0 cm³/mol. The first-order valence-electron chi connectivity index (χ1n) is 8.34. The van der Waals surface area contributed by atoms with Crippen molar-refractivity contribution in [2.75, 3.05) is 0 Å². The molecular formula is C19H28O3. The van der Waals surface area contributed by atoms with Gasteiger partial charge in [0.2, 0.25) is 0 Å². The van der Waals surface area contributed by atoms with E-state index in [4.69, 9.17) is 4.74 Å². The minimum Gasteiger partial charge on any atom is -0.393 e. The highest BCUT2D eigenvalue weighted by atomic mass is 16.6. The van der Waals surface area contributed by atoms with Crippen LogP contribution in [0.3, 0.4) is 0 Å². The van der Waals surface area contributed by atoms with E-state index < -0.39 is 0 Å². The van der Waals surface area contributed by atoms with E-state index in [1.54, 1.807) is 0 Å². The molecule has 2 unspecified atom stereocenters. The van der Waals surface area contributed by atoms with Crippen LogP contribution >= 0.6 is 0 Å². The zero-order valence-corrected chi connectivity index (χ0v) is 14.4. The highest BCUT2D eigenvalue weighted by Gasteiger charge is 2.46. The molecule has 1 aliphatic carbocycles. The Morgan fingerprint density at radius 3 is 2.59 bits per heavy atom. The van der Waals surface area contributed by atoms with Crippen molar-refractivity contribution in [3.8, 4) is 0 Å². The van der Waals surface area contributed by atoms with Gasteiger partial charge in [0.1, 0.15) is 0 Å². The summed E-state index contributed by atoms with van der Waals surface area (Å²) >= 11 is 0. The minimum atomic E-state index is -0.335. The Hall–Kier alpha value is -1.38. The molecule has 0 aromatic heterocycles. The Morgan fingerprint density at radius 2 is 1.95 bits per heavy atom. The second-order valence-corrected chi connectivity index (χ2v) is 7.65. The van der Waals surface area contributed by atoms with Gasteiger partial charge < -0.3 is 4.74 Å². The van der Waals surface area contributed by atoms with Crippen LogP contribution in [-0.4, -0.2) is 11.9 Å². The smallest absolute Gasteiger partial charge is 0.317 e. The summed E-state index contributed by atoms with van der Waals surface area (Å²) in [5, 5.41) is 0. The van der Waals surface area contributed by atoms with Crippen LogP contribution < -0.4 is 0 Å². The molecule has 0 radical (unpaired) electrons. The summed E-state index contributed by atoms with van der Waals surface area (Å²) in [7, 11) is 0. The highest BCUT2D eigenvalue weighted by molar-refractivity contribution is 5.97. The van der Waals surface area contributed by atoms with Gasteiger partial charge in [-0.25, -0.2) is 0 Å². The number of esters is 2. The van der Waals surface area contributed by atoms with Crippen molar-refractivity contribution in [1.29, 1.82) is 0 Å². The number of hydrogen-bond acceptors (Lipinski definition) is 3. The van der Waals surface area contributed by atoms with Crippen LogP contribution in [0.15, 0.2) is 23.3 Å².